The molecule has 7 nitrogen and oxygen atoms in total. The van der Waals surface area contributed by atoms with Crippen molar-refractivity contribution in [1.82, 2.24) is 10.2 Å². The summed E-state index contributed by atoms with van der Waals surface area (Å²) in [5, 5.41) is 11.8. The Morgan fingerprint density at radius 3 is 2.45 bits per heavy atom. The van der Waals surface area contributed by atoms with Crippen molar-refractivity contribution >= 4 is 21.8 Å². The number of urea groups is 1. The number of rotatable bonds is 2. The van der Waals surface area contributed by atoms with Crippen LogP contribution >= 0.6 is 0 Å². The van der Waals surface area contributed by atoms with E-state index in [1.54, 1.807) is 13.8 Å². The van der Waals surface area contributed by atoms with E-state index in [1.807, 2.05) is 0 Å². The molecule has 2 aliphatic rings. The maximum atomic E-state index is 12.2. The van der Waals surface area contributed by atoms with Crippen molar-refractivity contribution in [2.24, 2.45) is 11.8 Å². The van der Waals surface area contributed by atoms with Crippen molar-refractivity contribution in [3.8, 4) is 0 Å². The summed E-state index contributed by atoms with van der Waals surface area (Å²) in [4.78, 5) is 24.7. The molecule has 2 heterocycles. The number of nitrogens with zero attached hydrogens (tertiary/aromatic N) is 1. The van der Waals surface area contributed by atoms with Gasteiger partial charge in [-0.2, -0.15) is 0 Å². The molecule has 2 fully saturated rings. The van der Waals surface area contributed by atoms with Crippen LogP contribution in [-0.2, 0) is 14.6 Å². The van der Waals surface area contributed by atoms with Gasteiger partial charge in [-0.1, -0.05) is 6.92 Å². The highest BCUT2D eigenvalue weighted by Gasteiger charge is 2.42. The maximum Gasteiger partial charge on any atom is 0.317 e. The zero-order valence-corrected chi connectivity index (χ0v) is 12.4. The highest BCUT2D eigenvalue weighted by atomic mass is 32.2. The summed E-state index contributed by atoms with van der Waals surface area (Å²) >= 11 is 0. The number of carbonyl (C=O) groups excluding carboxylic acids is 1. The van der Waals surface area contributed by atoms with Gasteiger partial charge in [-0.3, -0.25) is 4.79 Å². The first kappa shape index (κ1) is 15.1. The van der Waals surface area contributed by atoms with Crippen molar-refractivity contribution < 1.29 is 23.1 Å². The quantitative estimate of drug-likeness (QED) is 0.743. The largest absolute Gasteiger partial charge is 0.481 e. The summed E-state index contributed by atoms with van der Waals surface area (Å²) in [6, 6.07) is -0.375. The minimum absolute atomic E-state index is 0.0580. The number of hydrogen-bond donors (Lipinski definition) is 2. The molecular formula is C12H20N2O5S. The fourth-order valence-corrected chi connectivity index (χ4v) is 4.99. The lowest BCUT2D eigenvalue weighted by Crippen LogP contribution is -2.52. The summed E-state index contributed by atoms with van der Waals surface area (Å²) < 4.78 is 23.0. The predicted molar refractivity (Wildman–Crippen MR) is 72.1 cm³/mol. The topological polar surface area (TPSA) is 104 Å². The van der Waals surface area contributed by atoms with Gasteiger partial charge in [0.2, 0.25) is 0 Å². The van der Waals surface area contributed by atoms with Crippen LogP contribution in [0.5, 0.6) is 0 Å². The number of aliphatic carboxylic acids is 1. The molecule has 114 valence electrons. The lowest BCUT2D eigenvalue weighted by molar-refractivity contribution is -0.142. The van der Waals surface area contributed by atoms with Crippen LogP contribution in [0.25, 0.3) is 0 Å². The van der Waals surface area contributed by atoms with E-state index in [0.717, 1.165) is 0 Å². The molecule has 3 unspecified atom stereocenters. The molecular weight excluding hydrogens is 284 g/mol. The van der Waals surface area contributed by atoms with Crippen molar-refractivity contribution in [2.75, 3.05) is 24.6 Å². The number of amides is 2. The monoisotopic (exact) mass is 304 g/mol. The van der Waals surface area contributed by atoms with Gasteiger partial charge in [0.05, 0.1) is 23.0 Å². The summed E-state index contributed by atoms with van der Waals surface area (Å²) in [7, 11) is -3.09. The van der Waals surface area contributed by atoms with Gasteiger partial charge in [0.15, 0.2) is 9.84 Å². The van der Waals surface area contributed by atoms with E-state index in [9.17, 15) is 18.0 Å². The second-order valence-corrected chi connectivity index (χ2v) is 8.34. The van der Waals surface area contributed by atoms with Gasteiger partial charge in [0, 0.05) is 13.1 Å². The second-order valence-electron chi connectivity index (χ2n) is 6.16. The minimum Gasteiger partial charge on any atom is -0.481 e. The molecule has 0 aromatic rings. The van der Waals surface area contributed by atoms with Gasteiger partial charge < -0.3 is 15.3 Å². The van der Waals surface area contributed by atoms with Crippen molar-refractivity contribution in [3.05, 3.63) is 0 Å². The SMILES string of the molecule is CC1CN(C(=O)NC2(C)CCS(=O)(=O)C2)CC1C(=O)O. The number of carboxylic acid groups (broad SMARTS) is 1. The average molecular weight is 304 g/mol. The lowest BCUT2D eigenvalue weighted by atomic mass is 9.99. The van der Waals surface area contributed by atoms with Crippen LogP contribution in [0.4, 0.5) is 4.79 Å². The van der Waals surface area contributed by atoms with Crippen LogP contribution in [-0.4, -0.2) is 60.6 Å². The normalized spacial score (nSPS) is 36.0. The summed E-state index contributed by atoms with van der Waals surface area (Å²) in [6.45, 7) is 4.06. The van der Waals surface area contributed by atoms with Gasteiger partial charge >= 0.3 is 12.0 Å². The molecule has 2 saturated heterocycles. The number of likely N-dealkylation sites (tertiary alicyclic amines) is 1. The summed E-state index contributed by atoms with van der Waals surface area (Å²) in [5.41, 5.74) is -0.750. The van der Waals surface area contributed by atoms with E-state index in [-0.39, 0.29) is 30.0 Å². The minimum atomic E-state index is -3.09. The van der Waals surface area contributed by atoms with Gasteiger partial charge in [-0.05, 0) is 19.3 Å². The Kier molecular flexibility index (Phi) is 3.70. The van der Waals surface area contributed by atoms with Gasteiger partial charge in [-0.25, -0.2) is 13.2 Å². The Hall–Kier alpha value is -1.31. The third kappa shape index (κ3) is 3.05. The van der Waals surface area contributed by atoms with E-state index in [1.165, 1.54) is 4.90 Å². The number of carboxylic acids is 1. The standard InChI is InChI=1S/C12H20N2O5S/c1-8-5-14(6-9(8)10(15)16)11(17)13-12(2)3-4-20(18,19)7-12/h8-9H,3-7H2,1-2H3,(H,13,17)(H,15,16). The van der Waals surface area contributed by atoms with Crippen LogP contribution in [0.2, 0.25) is 0 Å². The van der Waals surface area contributed by atoms with E-state index in [2.05, 4.69) is 5.32 Å². The van der Waals surface area contributed by atoms with E-state index < -0.39 is 27.3 Å². The maximum absolute atomic E-state index is 12.2. The molecule has 0 aliphatic carbocycles. The fourth-order valence-electron chi connectivity index (χ4n) is 2.90. The predicted octanol–water partition coefficient (Wildman–Crippen LogP) is -0.0743. The van der Waals surface area contributed by atoms with E-state index >= 15 is 0 Å². The molecule has 0 spiro atoms. The summed E-state index contributed by atoms with van der Waals surface area (Å²) in [5.74, 6) is -1.53. The van der Waals surface area contributed by atoms with Gasteiger partial charge in [0.25, 0.3) is 0 Å². The Balaban J connectivity index is 1.98. The van der Waals surface area contributed by atoms with E-state index in [4.69, 9.17) is 5.11 Å². The van der Waals surface area contributed by atoms with Crippen LogP contribution in [0.1, 0.15) is 20.3 Å². The highest BCUT2D eigenvalue weighted by molar-refractivity contribution is 7.91. The van der Waals surface area contributed by atoms with Crippen molar-refractivity contribution in [3.63, 3.8) is 0 Å². The zero-order chi connectivity index (χ0) is 15.1. The Morgan fingerprint density at radius 1 is 1.35 bits per heavy atom. The Bertz CT molecular complexity index is 532. The molecule has 2 N–H and O–H groups in total. The molecule has 0 bridgehead atoms. The first-order valence-electron chi connectivity index (χ1n) is 6.62. The van der Waals surface area contributed by atoms with Gasteiger partial charge in [-0.15, -0.1) is 0 Å². The number of sulfone groups is 1. The Labute approximate surface area is 118 Å². The fraction of sp³-hybridized carbons (Fsp3) is 0.833. The zero-order valence-electron chi connectivity index (χ0n) is 11.6. The summed E-state index contributed by atoms with van der Waals surface area (Å²) in [6.07, 6.45) is 0.396. The van der Waals surface area contributed by atoms with Crippen LogP contribution < -0.4 is 5.32 Å². The van der Waals surface area contributed by atoms with Crippen LogP contribution in [0, 0.1) is 11.8 Å². The highest BCUT2D eigenvalue weighted by Crippen LogP contribution is 2.26. The molecule has 8 heteroatoms. The van der Waals surface area contributed by atoms with E-state index in [0.29, 0.717) is 13.0 Å². The number of nitrogens with one attached hydrogen (secondary N) is 1. The molecule has 0 aromatic heterocycles. The van der Waals surface area contributed by atoms with Crippen molar-refractivity contribution in [1.29, 1.82) is 0 Å². The molecule has 3 atom stereocenters. The average Bonchev–Trinajstić information content (AvgIpc) is 2.79. The smallest absolute Gasteiger partial charge is 0.317 e. The molecule has 0 aromatic carbocycles. The molecule has 0 radical (unpaired) electrons. The lowest BCUT2D eigenvalue weighted by Gasteiger charge is -2.27. The molecule has 0 saturated carbocycles. The first-order valence-corrected chi connectivity index (χ1v) is 8.44. The molecule has 2 aliphatic heterocycles. The third-order valence-corrected chi connectivity index (χ3v) is 6.03. The molecule has 2 rings (SSSR count). The number of carbonyl (C=O) groups is 2. The Morgan fingerprint density at radius 2 is 2.00 bits per heavy atom. The second kappa shape index (κ2) is 4.91. The first-order chi connectivity index (χ1) is 9.12. The third-order valence-electron chi connectivity index (χ3n) is 4.13. The van der Waals surface area contributed by atoms with Crippen LogP contribution in [0.3, 0.4) is 0 Å². The van der Waals surface area contributed by atoms with Gasteiger partial charge in [0.1, 0.15) is 0 Å². The van der Waals surface area contributed by atoms with Crippen LogP contribution in [0.15, 0.2) is 0 Å². The van der Waals surface area contributed by atoms with Crippen molar-refractivity contribution in [2.45, 2.75) is 25.8 Å². The molecule has 20 heavy (non-hydrogen) atoms. The molecule has 2 amide bonds. The number of hydrogen-bond acceptors (Lipinski definition) is 4.